The van der Waals surface area contributed by atoms with Crippen LogP contribution in [0.25, 0.3) is 0 Å². The first-order chi connectivity index (χ1) is 19.8. The third kappa shape index (κ3) is 4.10. The zero-order valence-corrected chi connectivity index (χ0v) is 24.6. The van der Waals surface area contributed by atoms with Crippen molar-refractivity contribution >= 4 is 18.2 Å². The first-order valence-electron chi connectivity index (χ1n) is 15.5. The number of fused-ring (bicyclic) bond motifs is 5. The molecule has 0 radical (unpaired) electrons. The van der Waals surface area contributed by atoms with Gasteiger partial charge in [-0.15, -0.1) is 0 Å². The van der Waals surface area contributed by atoms with Crippen LogP contribution in [0, 0.1) is 34.5 Å². The molecule has 234 valence electrons. The average Bonchev–Trinajstić information content (AvgIpc) is 3.57. The van der Waals surface area contributed by atoms with Gasteiger partial charge in [0.1, 0.15) is 12.9 Å². The molecule has 4 aliphatic carbocycles. The Morgan fingerprint density at radius 2 is 1.90 bits per heavy atom. The second-order valence-corrected chi connectivity index (χ2v) is 13.9. The van der Waals surface area contributed by atoms with Gasteiger partial charge < -0.3 is 44.2 Å². The first kappa shape index (κ1) is 30.1. The van der Waals surface area contributed by atoms with Crippen LogP contribution in [-0.4, -0.2) is 93.8 Å². The Morgan fingerprint density at radius 1 is 1.14 bits per heavy atom. The molecular formula is C31H44O11. The fourth-order valence-corrected chi connectivity index (χ4v) is 10.1. The molecule has 42 heavy (non-hydrogen) atoms. The second-order valence-electron chi connectivity index (χ2n) is 13.9. The van der Waals surface area contributed by atoms with Crippen LogP contribution in [0.1, 0.15) is 72.1 Å². The third-order valence-corrected chi connectivity index (χ3v) is 12.1. The Balaban J connectivity index is 1.24. The van der Waals surface area contributed by atoms with E-state index in [9.17, 15) is 34.8 Å². The van der Waals surface area contributed by atoms with E-state index in [2.05, 4.69) is 0 Å². The summed E-state index contributed by atoms with van der Waals surface area (Å²) in [5.41, 5.74) is -4.28. The lowest BCUT2D eigenvalue weighted by atomic mass is 9.42. The number of carbonyl (C=O) groups excluding carboxylic acids is 3. The topological polar surface area (TPSA) is 169 Å². The Labute approximate surface area is 245 Å². The van der Waals surface area contributed by atoms with Crippen LogP contribution in [0.15, 0.2) is 11.6 Å². The molecule has 0 aromatic rings. The predicted molar refractivity (Wildman–Crippen MR) is 144 cm³/mol. The molecular weight excluding hydrogens is 548 g/mol. The van der Waals surface area contributed by atoms with E-state index in [1.54, 1.807) is 13.8 Å². The molecule has 0 aromatic heterocycles. The minimum absolute atomic E-state index is 0.00261. The zero-order chi connectivity index (χ0) is 30.2. The molecule has 4 N–H and O–H groups in total. The standard InChI is InChI=1S/C31H44O11/c1-4-39-26(36)30(37)12-16(2)41-27(30)42-23-10-18-5-6-20-19(29(18,15-32)13-22(23)33)7-8-28(3)21(11-24(34)31(20,28)38)17-9-25(35)40-14-17/h9,15-16,18-24,27,33-34,37-38H,4-8,10-14H2,1-3H3/t16-,18+,19+,20-,21-,22-,23-,24-,27+,28-,29-,30+,31-/m1/s1. The van der Waals surface area contributed by atoms with Crippen LogP contribution in [0.3, 0.4) is 0 Å². The van der Waals surface area contributed by atoms with E-state index in [0.29, 0.717) is 38.5 Å². The Hall–Kier alpha value is -1.89. The average molecular weight is 593 g/mol. The minimum atomic E-state index is -2.00. The van der Waals surface area contributed by atoms with Crippen LogP contribution < -0.4 is 0 Å². The van der Waals surface area contributed by atoms with Gasteiger partial charge in [0.15, 0.2) is 6.29 Å². The lowest BCUT2D eigenvalue weighted by Crippen LogP contribution is -2.67. The maximum absolute atomic E-state index is 13.1. The molecule has 0 spiro atoms. The number of ether oxygens (including phenoxy) is 4. The number of cyclic esters (lactones) is 1. The van der Waals surface area contributed by atoms with Gasteiger partial charge in [-0.2, -0.15) is 0 Å². The predicted octanol–water partition coefficient (Wildman–Crippen LogP) is 1.18. The maximum Gasteiger partial charge on any atom is 0.343 e. The molecule has 6 rings (SSSR count). The van der Waals surface area contributed by atoms with Crippen LogP contribution in [0.5, 0.6) is 0 Å². The van der Waals surface area contributed by atoms with Crippen molar-refractivity contribution in [1.29, 1.82) is 0 Å². The normalized spacial score (nSPS) is 51.6. The summed E-state index contributed by atoms with van der Waals surface area (Å²) in [5, 5.41) is 46.4. The van der Waals surface area contributed by atoms with Crippen LogP contribution in [-0.2, 0) is 33.3 Å². The summed E-state index contributed by atoms with van der Waals surface area (Å²) in [4.78, 5) is 37.5. The van der Waals surface area contributed by atoms with Crippen molar-refractivity contribution in [1.82, 2.24) is 0 Å². The van der Waals surface area contributed by atoms with Crippen molar-refractivity contribution in [2.75, 3.05) is 13.2 Å². The number of esters is 2. The number of hydrogen-bond donors (Lipinski definition) is 4. The van der Waals surface area contributed by atoms with Crippen molar-refractivity contribution in [2.45, 2.75) is 114 Å². The fourth-order valence-electron chi connectivity index (χ4n) is 10.1. The molecule has 0 aromatic carbocycles. The van der Waals surface area contributed by atoms with Gasteiger partial charge in [-0.1, -0.05) is 6.92 Å². The number of aliphatic hydroxyl groups is 4. The van der Waals surface area contributed by atoms with E-state index in [4.69, 9.17) is 18.9 Å². The number of aldehydes is 1. The molecule has 11 heteroatoms. The monoisotopic (exact) mass is 592 g/mol. The quantitative estimate of drug-likeness (QED) is 0.258. The highest BCUT2D eigenvalue weighted by Crippen LogP contribution is 2.69. The Morgan fingerprint density at radius 3 is 2.57 bits per heavy atom. The minimum Gasteiger partial charge on any atom is -0.464 e. The molecule has 2 heterocycles. The van der Waals surface area contributed by atoms with E-state index in [-0.39, 0.29) is 49.7 Å². The van der Waals surface area contributed by atoms with Crippen LogP contribution in [0.2, 0.25) is 0 Å². The maximum atomic E-state index is 13.1. The van der Waals surface area contributed by atoms with Crippen molar-refractivity contribution < 1.29 is 53.8 Å². The summed E-state index contributed by atoms with van der Waals surface area (Å²) in [5.74, 6) is -2.23. The van der Waals surface area contributed by atoms with E-state index in [1.807, 2.05) is 6.92 Å². The zero-order valence-electron chi connectivity index (χ0n) is 24.6. The number of carbonyl (C=O) groups is 3. The van der Waals surface area contributed by atoms with E-state index < -0.39 is 64.7 Å². The summed E-state index contributed by atoms with van der Waals surface area (Å²) in [6.45, 7) is 5.61. The summed E-state index contributed by atoms with van der Waals surface area (Å²) in [7, 11) is 0. The van der Waals surface area contributed by atoms with Gasteiger partial charge in [-0.3, -0.25) is 0 Å². The van der Waals surface area contributed by atoms with Crippen molar-refractivity contribution in [3.63, 3.8) is 0 Å². The van der Waals surface area contributed by atoms with Gasteiger partial charge in [-0.25, -0.2) is 9.59 Å². The smallest absolute Gasteiger partial charge is 0.343 e. The van der Waals surface area contributed by atoms with E-state index >= 15 is 0 Å². The Bertz CT molecular complexity index is 1160. The molecule has 5 fully saturated rings. The van der Waals surface area contributed by atoms with Crippen molar-refractivity contribution in [3.05, 3.63) is 11.6 Å². The summed E-state index contributed by atoms with van der Waals surface area (Å²) in [6.07, 6.45) is 0.886. The highest BCUT2D eigenvalue weighted by atomic mass is 16.7. The molecule has 4 saturated carbocycles. The molecule has 0 unspecified atom stereocenters. The number of rotatable bonds is 6. The third-order valence-electron chi connectivity index (χ3n) is 12.1. The highest BCUT2D eigenvalue weighted by molar-refractivity contribution is 5.85. The van der Waals surface area contributed by atoms with Crippen LogP contribution in [0.4, 0.5) is 0 Å². The molecule has 11 nitrogen and oxygen atoms in total. The summed E-state index contributed by atoms with van der Waals surface area (Å²) >= 11 is 0. The van der Waals surface area contributed by atoms with E-state index in [0.717, 1.165) is 11.9 Å². The van der Waals surface area contributed by atoms with Gasteiger partial charge in [0, 0.05) is 23.3 Å². The van der Waals surface area contributed by atoms with Gasteiger partial charge in [-0.05, 0) is 88.0 Å². The molecule has 0 amide bonds. The van der Waals surface area contributed by atoms with Gasteiger partial charge in [0.25, 0.3) is 0 Å². The van der Waals surface area contributed by atoms with Crippen LogP contribution >= 0.6 is 0 Å². The summed E-state index contributed by atoms with van der Waals surface area (Å²) < 4.78 is 22.1. The largest absolute Gasteiger partial charge is 0.464 e. The fraction of sp³-hybridized carbons (Fsp3) is 0.839. The molecule has 0 bridgehead atoms. The van der Waals surface area contributed by atoms with Gasteiger partial charge in [0.2, 0.25) is 5.60 Å². The van der Waals surface area contributed by atoms with Gasteiger partial charge in [0.05, 0.1) is 36.6 Å². The Kier molecular flexibility index (Phi) is 7.42. The second kappa shape index (κ2) is 10.3. The van der Waals surface area contributed by atoms with Crippen molar-refractivity contribution in [3.8, 4) is 0 Å². The number of hydrogen-bond acceptors (Lipinski definition) is 11. The SMILES string of the molecule is CCOC(=O)[C@@]1(O)C[C@@H](C)O[C@H]1O[C@@H]1C[C@@H]2CC[C@@H]3[C@H](CC[C@]4(C)[C@@H](C5=CC(=O)OC5)C[C@@H](O)[C@]34O)[C@@]2(C=O)C[C@H]1O. The summed E-state index contributed by atoms with van der Waals surface area (Å²) in [6, 6.07) is 0. The first-order valence-corrected chi connectivity index (χ1v) is 15.5. The van der Waals surface area contributed by atoms with E-state index in [1.165, 1.54) is 6.08 Å². The molecule has 13 atom stereocenters. The lowest BCUT2D eigenvalue weighted by Gasteiger charge is -2.63. The highest BCUT2D eigenvalue weighted by Gasteiger charge is 2.72. The molecule has 6 aliphatic rings. The molecule has 1 saturated heterocycles. The lowest BCUT2D eigenvalue weighted by molar-refractivity contribution is -0.267. The van der Waals surface area contributed by atoms with Crippen molar-refractivity contribution in [2.24, 2.45) is 34.5 Å². The number of aliphatic hydroxyl groups excluding tert-OH is 2. The molecule has 2 aliphatic heterocycles. The van der Waals surface area contributed by atoms with Gasteiger partial charge >= 0.3 is 11.9 Å².